The number of hydrogen-bond donors (Lipinski definition) is 2. The lowest BCUT2D eigenvalue weighted by Gasteiger charge is -2.10. The third kappa shape index (κ3) is 5.23. The summed E-state index contributed by atoms with van der Waals surface area (Å²) in [6.45, 7) is 1.87. The van der Waals surface area contributed by atoms with Crippen LogP contribution in [-0.4, -0.2) is 24.0 Å². The number of hydrogen-bond acceptors (Lipinski definition) is 5. The summed E-state index contributed by atoms with van der Waals surface area (Å²) in [5.74, 6) is 1.13. The fourth-order valence-corrected chi connectivity index (χ4v) is 3.52. The molecule has 2 amide bonds. The Hall–Kier alpha value is -3.06. The van der Waals surface area contributed by atoms with Crippen molar-refractivity contribution in [2.24, 2.45) is 0 Å². The second kappa shape index (κ2) is 9.23. The molecule has 7 heteroatoms. The number of likely N-dealkylation sites (N-methyl/N-ethyl adjacent to an activating group) is 1. The minimum Gasteiger partial charge on any atom is -0.360 e. The van der Waals surface area contributed by atoms with Crippen LogP contribution in [0.2, 0.25) is 0 Å². The number of carbonyl (C=O) groups excluding carboxylic acids is 2. The first kappa shape index (κ1) is 19.7. The molecule has 0 aliphatic heterocycles. The first-order valence-corrected chi connectivity index (χ1v) is 9.78. The van der Waals surface area contributed by atoms with E-state index in [9.17, 15) is 9.59 Å². The number of thioether (sulfide) groups is 1. The van der Waals surface area contributed by atoms with Crippen molar-refractivity contribution in [3.05, 3.63) is 77.2 Å². The number of amides is 2. The van der Waals surface area contributed by atoms with E-state index in [4.69, 9.17) is 4.52 Å². The van der Waals surface area contributed by atoms with Crippen molar-refractivity contribution in [1.82, 2.24) is 10.5 Å². The number of nitrogens with one attached hydrogen (secondary N) is 2. The Morgan fingerprint density at radius 3 is 2.54 bits per heavy atom. The lowest BCUT2D eigenvalue weighted by molar-refractivity contribution is -0.119. The van der Waals surface area contributed by atoms with Crippen molar-refractivity contribution >= 4 is 29.3 Å². The zero-order valence-electron chi connectivity index (χ0n) is 15.7. The number of aromatic nitrogens is 1. The van der Waals surface area contributed by atoms with Crippen LogP contribution >= 0.6 is 11.8 Å². The lowest BCUT2D eigenvalue weighted by atomic mass is 10.1. The molecule has 0 aliphatic rings. The molecule has 0 bridgehead atoms. The van der Waals surface area contributed by atoms with E-state index in [0.717, 1.165) is 21.9 Å². The van der Waals surface area contributed by atoms with Crippen LogP contribution in [0.5, 0.6) is 0 Å². The van der Waals surface area contributed by atoms with Gasteiger partial charge in [0.25, 0.3) is 5.91 Å². The molecular formula is C21H21N3O3S. The average molecular weight is 395 g/mol. The smallest absolute Gasteiger partial charge is 0.256 e. The number of anilines is 1. The zero-order valence-corrected chi connectivity index (χ0v) is 16.5. The van der Waals surface area contributed by atoms with E-state index in [1.165, 1.54) is 11.8 Å². The van der Waals surface area contributed by atoms with Crippen molar-refractivity contribution in [2.75, 3.05) is 12.4 Å². The molecule has 3 aromatic rings. The molecule has 2 N–H and O–H groups in total. The van der Waals surface area contributed by atoms with Crippen LogP contribution in [0, 0.1) is 6.92 Å². The lowest BCUT2D eigenvalue weighted by Crippen LogP contribution is -2.19. The molecule has 3 rings (SSSR count). The summed E-state index contributed by atoms with van der Waals surface area (Å²) < 4.78 is 5.23. The molecule has 0 fully saturated rings. The van der Waals surface area contributed by atoms with Gasteiger partial charge in [0.15, 0.2) is 0 Å². The van der Waals surface area contributed by atoms with Crippen molar-refractivity contribution in [3.63, 3.8) is 0 Å². The van der Waals surface area contributed by atoms with Gasteiger partial charge in [0, 0.05) is 23.7 Å². The largest absolute Gasteiger partial charge is 0.360 e. The third-order valence-corrected chi connectivity index (χ3v) is 5.13. The molecule has 0 radical (unpaired) electrons. The first-order valence-electron chi connectivity index (χ1n) is 8.80. The molecular weight excluding hydrogens is 374 g/mol. The number of rotatable bonds is 7. The molecule has 144 valence electrons. The molecule has 1 aromatic heterocycles. The monoisotopic (exact) mass is 395 g/mol. The van der Waals surface area contributed by atoms with Gasteiger partial charge in [-0.05, 0) is 36.8 Å². The molecule has 2 aromatic carbocycles. The van der Waals surface area contributed by atoms with Gasteiger partial charge in [0.05, 0.1) is 23.4 Å². The van der Waals surface area contributed by atoms with Crippen LogP contribution in [0.1, 0.15) is 27.4 Å². The Kier molecular flexibility index (Phi) is 6.49. The summed E-state index contributed by atoms with van der Waals surface area (Å²) in [5.41, 5.74) is 2.99. The van der Waals surface area contributed by atoms with Gasteiger partial charge >= 0.3 is 0 Å². The summed E-state index contributed by atoms with van der Waals surface area (Å²) >= 11 is 1.53. The maximum atomic E-state index is 12.7. The number of aryl methyl sites for hydroxylation is 1. The van der Waals surface area contributed by atoms with Gasteiger partial charge in [-0.25, -0.2) is 0 Å². The molecule has 6 nitrogen and oxygen atoms in total. The summed E-state index contributed by atoms with van der Waals surface area (Å²) in [6, 6.07) is 16.6. The minimum absolute atomic E-state index is 0.0512. The van der Waals surface area contributed by atoms with Crippen molar-refractivity contribution < 1.29 is 14.1 Å². The van der Waals surface area contributed by atoms with E-state index in [-0.39, 0.29) is 11.8 Å². The predicted molar refractivity (Wildman–Crippen MR) is 109 cm³/mol. The fourth-order valence-electron chi connectivity index (χ4n) is 2.59. The van der Waals surface area contributed by atoms with Gasteiger partial charge in [-0.2, -0.15) is 0 Å². The molecule has 0 saturated heterocycles. The summed E-state index contributed by atoms with van der Waals surface area (Å²) in [6.07, 6.45) is 0.311. The average Bonchev–Trinajstić information content (AvgIpc) is 3.13. The first-order chi connectivity index (χ1) is 13.5. The molecule has 0 saturated carbocycles. The summed E-state index contributed by atoms with van der Waals surface area (Å²) in [7, 11) is 1.61. The van der Waals surface area contributed by atoms with Gasteiger partial charge in [-0.1, -0.05) is 29.4 Å². The molecule has 1 heterocycles. The second-order valence-corrected chi connectivity index (χ2v) is 7.24. The molecule has 0 aliphatic carbocycles. The van der Waals surface area contributed by atoms with Gasteiger partial charge < -0.3 is 15.2 Å². The summed E-state index contributed by atoms with van der Waals surface area (Å²) in [4.78, 5) is 25.0. The van der Waals surface area contributed by atoms with E-state index in [0.29, 0.717) is 23.4 Å². The molecule has 0 atom stereocenters. The van der Waals surface area contributed by atoms with Crippen LogP contribution < -0.4 is 10.6 Å². The maximum absolute atomic E-state index is 12.7. The summed E-state index contributed by atoms with van der Waals surface area (Å²) in [5, 5.41) is 9.38. The van der Waals surface area contributed by atoms with Crippen LogP contribution in [0.4, 0.5) is 5.69 Å². The maximum Gasteiger partial charge on any atom is 0.256 e. The van der Waals surface area contributed by atoms with Crippen LogP contribution in [-0.2, 0) is 17.0 Å². The van der Waals surface area contributed by atoms with Gasteiger partial charge in [-0.3, -0.25) is 9.59 Å². The number of benzene rings is 2. The van der Waals surface area contributed by atoms with Gasteiger partial charge in [0.1, 0.15) is 5.76 Å². The zero-order chi connectivity index (χ0) is 19.9. The second-order valence-electron chi connectivity index (χ2n) is 6.22. The highest BCUT2D eigenvalue weighted by Gasteiger charge is 2.13. The Bertz CT molecular complexity index is 967. The predicted octanol–water partition coefficient (Wildman–Crippen LogP) is 3.82. The number of nitrogens with zero attached hydrogens (tertiary/aromatic N) is 1. The van der Waals surface area contributed by atoms with E-state index >= 15 is 0 Å². The van der Waals surface area contributed by atoms with Crippen LogP contribution in [0.25, 0.3) is 0 Å². The standard InChI is InChI=1S/C21H21N3O3S/c1-14-11-17(27-24-14)13-28-19-6-4-3-5-18(19)21(26)23-16-9-7-15(8-10-16)12-20(25)22-2/h3-11H,12-13H2,1-2H3,(H,22,25)(H,23,26). The van der Waals surface area contributed by atoms with Crippen LogP contribution in [0.3, 0.4) is 0 Å². The minimum atomic E-state index is -0.184. The van der Waals surface area contributed by atoms with Crippen LogP contribution in [0.15, 0.2) is 64.0 Å². The van der Waals surface area contributed by atoms with Gasteiger partial charge in [-0.15, -0.1) is 11.8 Å². The van der Waals surface area contributed by atoms with E-state index in [1.807, 2.05) is 43.3 Å². The molecule has 0 spiro atoms. The third-order valence-electron chi connectivity index (χ3n) is 4.03. The van der Waals surface area contributed by atoms with Crippen molar-refractivity contribution in [2.45, 2.75) is 24.0 Å². The Balaban J connectivity index is 1.66. The van der Waals surface area contributed by atoms with Crippen molar-refractivity contribution in [1.29, 1.82) is 0 Å². The van der Waals surface area contributed by atoms with E-state index in [2.05, 4.69) is 15.8 Å². The molecule has 28 heavy (non-hydrogen) atoms. The number of carbonyl (C=O) groups is 2. The Labute approximate surface area is 167 Å². The Morgan fingerprint density at radius 2 is 1.86 bits per heavy atom. The van der Waals surface area contributed by atoms with E-state index in [1.54, 1.807) is 25.2 Å². The quantitative estimate of drug-likeness (QED) is 0.594. The fraction of sp³-hybridized carbons (Fsp3) is 0.190. The topological polar surface area (TPSA) is 84.2 Å². The molecule has 0 unspecified atom stereocenters. The highest BCUT2D eigenvalue weighted by atomic mass is 32.2. The highest BCUT2D eigenvalue weighted by Crippen LogP contribution is 2.27. The highest BCUT2D eigenvalue weighted by molar-refractivity contribution is 7.98. The SMILES string of the molecule is CNC(=O)Cc1ccc(NC(=O)c2ccccc2SCc2cc(C)no2)cc1. The van der Waals surface area contributed by atoms with Crippen molar-refractivity contribution in [3.8, 4) is 0 Å². The van der Waals surface area contributed by atoms with E-state index < -0.39 is 0 Å². The Morgan fingerprint density at radius 1 is 1.11 bits per heavy atom. The van der Waals surface area contributed by atoms with Gasteiger partial charge in [0.2, 0.25) is 5.91 Å². The normalized spacial score (nSPS) is 10.5.